The molecule has 0 saturated carbocycles. The standard InChI is InChI=1S/C8H7FINO2/c1-13-8(12)11-5-2-3-7(10)6(9)4-5/h2-4H,1H3,(H,11,12). The highest BCUT2D eigenvalue weighted by Crippen LogP contribution is 2.15. The van der Waals surface area contributed by atoms with Crippen molar-refractivity contribution in [2.75, 3.05) is 12.4 Å². The average Bonchev–Trinajstić information content (AvgIpc) is 2.11. The maximum atomic E-state index is 12.9. The number of methoxy groups -OCH3 is 1. The molecule has 0 radical (unpaired) electrons. The van der Waals surface area contributed by atoms with Gasteiger partial charge in [-0.15, -0.1) is 0 Å². The van der Waals surface area contributed by atoms with Gasteiger partial charge in [0.2, 0.25) is 0 Å². The van der Waals surface area contributed by atoms with E-state index in [0.29, 0.717) is 9.26 Å². The van der Waals surface area contributed by atoms with Crippen LogP contribution in [0.2, 0.25) is 0 Å². The highest BCUT2D eigenvalue weighted by molar-refractivity contribution is 14.1. The van der Waals surface area contributed by atoms with Crippen molar-refractivity contribution in [2.24, 2.45) is 0 Å². The molecule has 0 aliphatic rings. The maximum absolute atomic E-state index is 12.9. The average molecular weight is 295 g/mol. The van der Waals surface area contributed by atoms with Crippen LogP contribution >= 0.6 is 22.6 Å². The summed E-state index contributed by atoms with van der Waals surface area (Å²) in [6, 6.07) is 4.40. The summed E-state index contributed by atoms with van der Waals surface area (Å²) in [5.74, 6) is -0.366. The van der Waals surface area contributed by atoms with Gasteiger partial charge in [0.1, 0.15) is 5.82 Å². The van der Waals surface area contributed by atoms with Gasteiger partial charge in [0.05, 0.1) is 7.11 Å². The first kappa shape index (κ1) is 10.2. The van der Waals surface area contributed by atoms with E-state index >= 15 is 0 Å². The molecule has 0 spiro atoms. The molecule has 1 rings (SSSR count). The van der Waals surface area contributed by atoms with Crippen molar-refractivity contribution in [3.05, 3.63) is 27.6 Å². The molecular formula is C8H7FINO2. The van der Waals surface area contributed by atoms with E-state index in [-0.39, 0.29) is 5.82 Å². The number of carbonyl (C=O) groups excluding carboxylic acids is 1. The third-order valence-electron chi connectivity index (χ3n) is 1.35. The van der Waals surface area contributed by atoms with Gasteiger partial charge in [0, 0.05) is 9.26 Å². The van der Waals surface area contributed by atoms with E-state index in [9.17, 15) is 9.18 Å². The summed E-state index contributed by atoms with van der Waals surface area (Å²) in [5.41, 5.74) is 0.379. The van der Waals surface area contributed by atoms with Crippen molar-refractivity contribution in [3.63, 3.8) is 0 Å². The topological polar surface area (TPSA) is 38.3 Å². The van der Waals surface area contributed by atoms with Crippen LogP contribution in [0, 0.1) is 9.39 Å². The van der Waals surface area contributed by atoms with E-state index in [0.717, 1.165) is 0 Å². The molecule has 0 aliphatic heterocycles. The van der Waals surface area contributed by atoms with Crippen LogP contribution in [0.15, 0.2) is 18.2 Å². The number of anilines is 1. The zero-order valence-corrected chi connectivity index (χ0v) is 8.96. The molecule has 5 heteroatoms. The van der Waals surface area contributed by atoms with Gasteiger partial charge in [-0.3, -0.25) is 5.32 Å². The molecule has 0 fully saturated rings. The Morgan fingerprint density at radius 1 is 1.62 bits per heavy atom. The SMILES string of the molecule is COC(=O)Nc1ccc(I)c(F)c1. The second-order valence-electron chi connectivity index (χ2n) is 2.25. The Kier molecular flexibility index (Phi) is 3.47. The molecule has 1 aromatic rings. The zero-order valence-electron chi connectivity index (χ0n) is 6.80. The van der Waals surface area contributed by atoms with Crippen molar-refractivity contribution in [1.82, 2.24) is 0 Å². The zero-order chi connectivity index (χ0) is 9.84. The lowest BCUT2D eigenvalue weighted by Crippen LogP contribution is -2.11. The van der Waals surface area contributed by atoms with Crippen LogP contribution in [0.5, 0.6) is 0 Å². The lowest BCUT2D eigenvalue weighted by atomic mass is 10.3. The molecule has 0 bridgehead atoms. The molecule has 3 nitrogen and oxygen atoms in total. The van der Waals surface area contributed by atoms with Gasteiger partial charge in [0.25, 0.3) is 0 Å². The van der Waals surface area contributed by atoms with Crippen LogP contribution in [0.4, 0.5) is 14.9 Å². The van der Waals surface area contributed by atoms with E-state index < -0.39 is 6.09 Å². The monoisotopic (exact) mass is 295 g/mol. The number of hydrogen-bond donors (Lipinski definition) is 1. The Morgan fingerprint density at radius 3 is 2.85 bits per heavy atom. The normalized spacial score (nSPS) is 9.46. The largest absolute Gasteiger partial charge is 0.453 e. The van der Waals surface area contributed by atoms with Crippen LogP contribution in [0.1, 0.15) is 0 Å². The van der Waals surface area contributed by atoms with Gasteiger partial charge in [-0.1, -0.05) is 0 Å². The van der Waals surface area contributed by atoms with Gasteiger partial charge in [-0.25, -0.2) is 9.18 Å². The minimum atomic E-state index is -0.611. The quantitative estimate of drug-likeness (QED) is 0.809. The summed E-state index contributed by atoms with van der Waals surface area (Å²) in [6.07, 6.45) is -0.611. The van der Waals surface area contributed by atoms with Crippen molar-refractivity contribution in [3.8, 4) is 0 Å². The number of ether oxygens (including phenoxy) is 1. The van der Waals surface area contributed by atoms with Gasteiger partial charge >= 0.3 is 6.09 Å². The fourth-order valence-electron chi connectivity index (χ4n) is 0.743. The second kappa shape index (κ2) is 4.40. The summed E-state index contributed by atoms with van der Waals surface area (Å²) in [7, 11) is 1.25. The minimum absolute atomic E-state index is 0.366. The molecule has 13 heavy (non-hydrogen) atoms. The Morgan fingerprint density at radius 2 is 2.31 bits per heavy atom. The molecule has 0 aromatic heterocycles. The number of halogens is 2. The third kappa shape index (κ3) is 2.83. The Labute approximate surface area is 88.4 Å². The Bertz CT molecular complexity index is 330. The molecule has 0 atom stereocenters. The third-order valence-corrected chi connectivity index (χ3v) is 2.23. The highest BCUT2D eigenvalue weighted by Gasteiger charge is 2.03. The highest BCUT2D eigenvalue weighted by atomic mass is 127. The van der Waals surface area contributed by atoms with Crippen LogP contribution in [-0.4, -0.2) is 13.2 Å². The van der Waals surface area contributed by atoms with E-state index in [1.807, 2.05) is 22.6 Å². The summed E-state index contributed by atoms with van der Waals surface area (Å²) in [5, 5.41) is 2.36. The number of benzene rings is 1. The van der Waals surface area contributed by atoms with Crippen LogP contribution < -0.4 is 5.32 Å². The van der Waals surface area contributed by atoms with E-state index in [1.165, 1.54) is 13.2 Å². The van der Waals surface area contributed by atoms with Gasteiger partial charge < -0.3 is 4.74 Å². The Balaban J connectivity index is 2.79. The molecule has 0 saturated heterocycles. The van der Waals surface area contributed by atoms with Crippen molar-refractivity contribution in [1.29, 1.82) is 0 Å². The molecule has 0 heterocycles. The minimum Gasteiger partial charge on any atom is -0.453 e. The Hall–Kier alpha value is -0.850. The van der Waals surface area contributed by atoms with Gasteiger partial charge in [0.15, 0.2) is 0 Å². The molecule has 0 unspecified atom stereocenters. The van der Waals surface area contributed by atoms with E-state index in [2.05, 4.69) is 10.1 Å². The number of rotatable bonds is 1. The molecule has 70 valence electrons. The van der Waals surface area contributed by atoms with Gasteiger partial charge in [-0.2, -0.15) is 0 Å². The maximum Gasteiger partial charge on any atom is 0.411 e. The number of hydrogen-bond acceptors (Lipinski definition) is 2. The predicted molar refractivity (Wildman–Crippen MR) is 55.1 cm³/mol. The first-order chi connectivity index (χ1) is 6.13. The summed E-state index contributed by atoms with van der Waals surface area (Å²) in [4.78, 5) is 10.7. The molecule has 0 aliphatic carbocycles. The van der Waals surface area contributed by atoms with Crippen LogP contribution in [0.3, 0.4) is 0 Å². The lowest BCUT2D eigenvalue weighted by Gasteiger charge is -2.03. The van der Waals surface area contributed by atoms with Crippen molar-refractivity contribution >= 4 is 34.4 Å². The first-order valence-electron chi connectivity index (χ1n) is 3.43. The van der Waals surface area contributed by atoms with E-state index in [4.69, 9.17) is 0 Å². The fourth-order valence-corrected chi connectivity index (χ4v) is 1.08. The summed E-state index contributed by atoms with van der Waals surface area (Å²) >= 11 is 1.87. The summed E-state index contributed by atoms with van der Waals surface area (Å²) in [6.45, 7) is 0. The van der Waals surface area contributed by atoms with Crippen molar-refractivity contribution < 1.29 is 13.9 Å². The van der Waals surface area contributed by atoms with Crippen LogP contribution in [-0.2, 0) is 4.74 Å². The summed E-state index contributed by atoms with van der Waals surface area (Å²) < 4.78 is 17.8. The van der Waals surface area contributed by atoms with Crippen LogP contribution in [0.25, 0.3) is 0 Å². The predicted octanol–water partition coefficient (Wildman–Crippen LogP) is 2.61. The smallest absolute Gasteiger partial charge is 0.411 e. The molecule has 1 N–H and O–H groups in total. The molecule has 1 amide bonds. The van der Waals surface area contributed by atoms with Gasteiger partial charge in [-0.05, 0) is 40.8 Å². The second-order valence-corrected chi connectivity index (χ2v) is 3.41. The lowest BCUT2D eigenvalue weighted by molar-refractivity contribution is 0.187. The van der Waals surface area contributed by atoms with E-state index in [1.54, 1.807) is 12.1 Å². The van der Waals surface area contributed by atoms with Crippen molar-refractivity contribution in [2.45, 2.75) is 0 Å². The number of nitrogens with one attached hydrogen (secondary N) is 1. The number of amides is 1. The number of carbonyl (C=O) groups is 1. The first-order valence-corrected chi connectivity index (χ1v) is 4.51. The molecular weight excluding hydrogens is 288 g/mol. The fraction of sp³-hybridized carbons (Fsp3) is 0.125. The molecule has 1 aromatic carbocycles.